The van der Waals surface area contributed by atoms with Gasteiger partial charge in [-0.1, -0.05) is 0 Å². The fourth-order valence-corrected chi connectivity index (χ4v) is 2.91. The number of alkyl carbamates (subject to hydrolysis) is 1. The first kappa shape index (κ1) is 18.7. The maximum absolute atomic E-state index is 11.8. The number of carbonyl (C=O) groups excluding carboxylic acids is 2. The normalized spacial score (nSPS) is 20.5. The summed E-state index contributed by atoms with van der Waals surface area (Å²) in [4.78, 5) is 27.7. The highest BCUT2D eigenvalue weighted by atomic mass is 79.9. The summed E-state index contributed by atoms with van der Waals surface area (Å²) in [6.07, 6.45) is 1.80. The molecule has 1 N–H and O–H groups in total. The van der Waals surface area contributed by atoms with Crippen molar-refractivity contribution in [2.75, 3.05) is 0 Å². The number of carbonyl (C=O) groups is 2. The quantitative estimate of drug-likeness (QED) is 0.614. The summed E-state index contributed by atoms with van der Waals surface area (Å²) in [6, 6.07) is 3.49. The van der Waals surface area contributed by atoms with Crippen LogP contribution in [0.5, 0.6) is 5.75 Å². The zero-order valence-corrected chi connectivity index (χ0v) is 16.0. The van der Waals surface area contributed by atoms with E-state index in [0.717, 1.165) is 12.8 Å². The Balaban J connectivity index is 1.93. The number of rotatable bonds is 4. The van der Waals surface area contributed by atoms with Crippen molar-refractivity contribution >= 4 is 27.8 Å². The first-order valence-electron chi connectivity index (χ1n) is 7.97. The van der Waals surface area contributed by atoms with E-state index in [0.29, 0.717) is 22.5 Å². The van der Waals surface area contributed by atoms with E-state index in [1.54, 1.807) is 12.1 Å². The Morgan fingerprint density at radius 2 is 2.00 bits per heavy atom. The van der Waals surface area contributed by atoms with Crippen molar-refractivity contribution in [3.05, 3.63) is 22.4 Å². The molecule has 132 valence electrons. The average Bonchev–Trinajstić information content (AvgIpc) is 2.85. The van der Waals surface area contributed by atoms with Crippen LogP contribution in [0.25, 0.3) is 0 Å². The van der Waals surface area contributed by atoms with Gasteiger partial charge in [-0.15, -0.1) is 0 Å². The van der Waals surface area contributed by atoms with Crippen molar-refractivity contribution in [1.29, 1.82) is 0 Å². The molecule has 24 heavy (non-hydrogen) atoms. The number of hydrogen-bond donors (Lipinski definition) is 1. The van der Waals surface area contributed by atoms with Crippen LogP contribution < -0.4 is 10.1 Å². The summed E-state index contributed by atoms with van der Waals surface area (Å²) >= 11 is 3.26. The van der Waals surface area contributed by atoms with Crippen LogP contribution in [0.1, 0.15) is 57.4 Å². The number of aromatic nitrogens is 1. The first-order chi connectivity index (χ1) is 11.1. The van der Waals surface area contributed by atoms with Gasteiger partial charge in [0.2, 0.25) is 0 Å². The van der Waals surface area contributed by atoms with Crippen LogP contribution in [-0.2, 0) is 4.74 Å². The van der Waals surface area contributed by atoms with Crippen LogP contribution in [0.3, 0.4) is 0 Å². The third-order valence-electron chi connectivity index (χ3n) is 3.56. The number of hydrogen-bond acceptors (Lipinski definition) is 5. The molecule has 1 saturated carbocycles. The number of nitrogens with one attached hydrogen (secondary N) is 1. The van der Waals surface area contributed by atoms with E-state index < -0.39 is 11.7 Å². The minimum absolute atomic E-state index is 0.00837. The van der Waals surface area contributed by atoms with Gasteiger partial charge in [-0.05, 0) is 61.7 Å². The average molecular weight is 399 g/mol. The largest absolute Gasteiger partial charge is 0.488 e. The van der Waals surface area contributed by atoms with Crippen LogP contribution in [-0.4, -0.2) is 34.6 Å². The maximum atomic E-state index is 11.8. The van der Waals surface area contributed by atoms with Gasteiger partial charge in [0.25, 0.3) is 0 Å². The fourth-order valence-electron chi connectivity index (χ4n) is 2.60. The molecule has 1 aromatic rings. The lowest BCUT2D eigenvalue weighted by atomic mass is 10.2. The van der Waals surface area contributed by atoms with Gasteiger partial charge in [-0.25, -0.2) is 9.78 Å². The third-order valence-corrected chi connectivity index (χ3v) is 4.00. The summed E-state index contributed by atoms with van der Waals surface area (Å²) in [5.74, 6) is 0.335. The predicted octanol–water partition coefficient (Wildman–Crippen LogP) is 3.87. The van der Waals surface area contributed by atoms with E-state index >= 15 is 0 Å². The summed E-state index contributed by atoms with van der Waals surface area (Å²) in [5.41, 5.74) is -0.203. The van der Waals surface area contributed by atoms with Gasteiger partial charge in [0, 0.05) is 19.4 Å². The number of pyridine rings is 1. The molecule has 1 heterocycles. The number of amides is 1. The third kappa shape index (κ3) is 5.47. The lowest BCUT2D eigenvalue weighted by molar-refractivity contribution is 0.0503. The smallest absolute Gasteiger partial charge is 0.407 e. The highest BCUT2D eigenvalue weighted by Crippen LogP contribution is 2.28. The second-order valence-corrected chi connectivity index (χ2v) is 7.75. The van der Waals surface area contributed by atoms with Gasteiger partial charge in [-0.3, -0.25) is 4.79 Å². The van der Waals surface area contributed by atoms with E-state index in [2.05, 4.69) is 26.2 Å². The number of ketones is 1. The van der Waals surface area contributed by atoms with Crippen LogP contribution in [0.4, 0.5) is 4.79 Å². The summed E-state index contributed by atoms with van der Waals surface area (Å²) < 4.78 is 11.8. The molecule has 2 atom stereocenters. The molecule has 6 nitrogen and oxygen atoms in total. The van der Waals surface area contributed by atoms with Crippen LogP contribution >= 0.6 is 15.9 Å². The van der Waals surface area contributed by atoms with E-state index in [-0.39, 0.29) is 17.9 Å². The highest BCUT2D eigenvalue weighted by molar-refractivity contribution is 9.10. The molecule has 7 heteroatoms. The lowest BCUT2D eigenvalue weighted by Gasteiger charge is -2.22. The maximum Gasteiger partial charge on any atom is 0.407 e. The second-order valence-electron chi connectivity index (χ2n) is 6.93. The monoisotopic (exact) mass is 398 g/mol. The number of halogens is 1. The van der Waals surface area contributed by atoms with E-state index in [1.807, 2.05) is 20.8 Å². The van der Waals surface area contributed by atoms with Crippen molar-refractivity contribution in [3.8, 4) is 5.75 Å². The van der Waals surface area contributed by atoms with Gasteiger partial charge >= 0.3 is 6.09 Å². The molecule has 2 rings (SSSR count). The topological polar surface area (TPSA) is 77.5 Å². The Kier molecular flexibility index (Phi) is 5.85. The minimum Gasteiger partial charge on any atom is -0.488 e. The van der Waals surface area contributed by atoms with Crippen LogP contribution in [0, 0.1) is 0 Å². The molecule has 0 aromatic carbocycles. The second kappa shape index (κ2) is 7.51. The Morgan fingerprint density at radius 3 is 2.62 bits per heavy atom. The first-order valence-corrected chi connectivity index (χ1v) is 8.77. The summed E-state index contributed by atoms with van der Waals surface area (Å²) in [5, 5.41) is 2.87. The van der Waals surface area contributed by atoms with Gasteiger partial charge in [0.1, 0.15) is 27.8 Å². The highest BCUT2D eigenvalue weighted by Gasteiger charge is 2.29. The number of Topliss-reactive ketones (excluding diaryl/α,β-unsaturated/α-hetero) is 1. The van der Waals surface area contributed by atoms with Crippen molar-refractivity contribution in [2.45, 2.75) is 64.7 Å². The van der Waals surface area contributed by atoms with Crippen molar-refractivity contribution in [1.82, 2.24) is 10.3 Å². The minimum atomic E-state index is -0.516. The SMILES string of the molecule is CC(=O)c1nc(Br)ccc1O[C@@H]1CC[C@H](NC(=O)OC(C)(C)C)C1. The van der Waals surface area contributed by atoms with Crippen molar-refractivity contribution in [2.24, 2.45) is 0 Å². The molecule has 0 spiro atoms. The Hall–Kier alpha value is -1.63. The summed E-state index contributed by atoms with van der Waals surface area (Å²) in [7, 11) is 0. The zero-order chi connectivity index (χ0) is 17.9. The van der Waals surface area contributed by atoms with E-state index in [4.69, 9.17) is 9.47 Å². The number of nitrogens with zero attached hydrogens (tertiary/aromatic N) is 1. The van der Waals surface area contributed by atoms with Crippen molar-refractivity contribution < 1.29 is 19.1 Å². The van der Waals surface area contributed by atoms with Gasteiger partial charge < -0.3 is 14.8 Å². The Labute approximate surface area is 150 Å². The Morgan fingerprint density at radius 1 is 1.29 bits per heavy atom. The summed E-state index contributed by atoms with van der Waals surface area (Å²) in [6.45, 7) is 6.95. The molecule has 0 saturated heterocycles. The molecule has 1 aliphatic carbocycles. The standard InChI is InChI=1S/C17H23BrN2O4/c1-10(21)15-13(7-8-14(18)20-15)23-12-6-5-11(9-12)19-16(22)24-17(2,3)4/h7-8,11-12H,5-6,9H2,1-4H3,(H,19,22)/t11-,12+/m0/s1. The Bertz CT molecular complexity index is 628. The van der Waals surface area contributed by atoms with Crippen molar-refractivity contribution in [3.63, 3.8) is 0 Å². The molecule has 1 aromatic heterocycles. The predicted molar refractivity (Wildman–Crippen MR) is 93.4 cm³/mol. The van der Waals surface area contributed by atoms with Gasteiger partial charge in [-0.2, -0.15) is 0 Å². The molecular weight excluding hydrogens is 376 g/mol. The fraction of sp³-hybridized carbons (Fsp3) is 0.588. The van der Waals surface area contributed by atoms with Gasteiger partial charge in [0.05, 0.1) is 0 Å². The molecule has 1 amide bonds. The number of ether oxygens (including phenoxy) is 2. The molecule has 0 unspecified atom stereocenters. The molecule has 1 aliphatic rings. The van der Waals surface area contributed by atoms with E-state index in [9.17, 15) is 9.59 Å². The lowest BCUT2D eigenvalue weighted by Crippen LogP contribution is -2.38. The molecular formula is C17H23BrN2O4. The molecule has 1 fully saturated rings. The zero-order valence-electron chi connectivity index (χ0n) is 14.4. The van der Waals surface area contributed by atoms with E-state index in [1.165, 1.54) is 6.92 Å². The molecule has 0 bridgehead atoms. The molecule has 0 radical (unpaired) electrons. The van der Waals surface area contributed by atoms with Crippen LogP contribution in [0.2, 0.25) is 0 Å². The molecule has 0 aliphatic heterocycles. The van der Waals surface area contributed by atoms with Crippen LogP contribution in [0.15, 0.2) is 16.7 Å². The van der Waals surface area contributed by atoms with Gasteiger partial charge in [0.15, 0.2) is 5.78 Å².